The van der Waals surface area contributed by atoms with Gasteiger partial charge in [-0.25, -0.2) is 0 Å². The predicted octanol–water partition coefficient (Wildman–Crippen LogP) is 12.8. The lowest BCUT2D eigenvalue weighted by atomic mass is 9.76. The van der Waals surface area contributed by atoms with Gasteiger partial charge in [-0.2, -0.15) is 0 Å². The van der Waals surface area contributed by atoms with Crippen molar-refractivity contribution in [3.05, 3.63) is 194 Å². The number of fused-ring (bicyclic) bond motifs is 3. The fourth-order valence-corrected chi connectivity index (χ4v) is 7.97. The van der Waals surface area contributed by atoms with Gasteiger partial charge in [0.15, 0.2) is 0 Å². The Morgan fingerprint density at radius 3 is 0.902 bits per heavy atom. The Morgan fingerprint density at radius 1 is 0.294 bits per heavy atom. The van der Waals surface area contributed by atoms with Crippen molar-refractivity contribution in [1.82, 2.24) is 9.97 Å². The molecule has 0 spiro atoms. The van der Waals surface area contributed by atoms with E-state index in [0.717, 1.165) is 11.1 Å². The Kier molecular flexibility index (Phi) is 7.51. The van der Waals surface area contributed by atoms with E-state index in [0.29, 0.717) is 0 Å². The van der Waals surface area contributed by atoms with Crippen LogP contribution < -0.4 is 0 Å². The van der Waals surface area contributed by atoms with Crippen LogP contribution in [0.4, 0.5) is 0 Å². The predicted molar refractivity (Wildman–Crippen MR) is 212 cm³/mol. The van der Waals surface area contributed by atoms with Crippen molar-refractivity contribution < 1.29 is 0 Å². The first kappa shape index (κ1) is 30.7. The molecule has 0 fully saturated rings. The second-order valence-electron chi connectivity index (χ2n) is 13.9. The molecule has 0 saturated heterocycles. The second kappa shape index (κ2) is 12.5. The summed E-state index contributed by atoms with van der Waals surface area (Å²) in [6.45, 7) is 4.78. The first-order valence-corrected chi connectivity index (χ1v) is 17.5. The summed E-state index contributed by atoms with van der Waals surface area (Å²) in [5, 5.41) is 0. The van der Waals surface area contributed by atoms with Gasteiger partial charge in [-0.05, 0) is 101 Å². The Morgan fingerprint density at radius 2 is 0.588 bits per heavy atom. The molecule has 0 saturated carbocycles. The molecule has 1 aliphatic rings. The molecule has 0 bridgehead atoms. The Balaban J connectivity index is 1.01. The van der Waals surface area contributed by atoms with Crippen LogP contribution in [0.2, 0.25) is 0 Å². The third-order valence-corrected chi connectivity index (χ3v) is 10.5. The number of hydrogen-bond donors (Lipinski definition) is 0. The molecule has 0 atom stereocenters. The van der Waals surface area contributed by atoms with Crippen molar-refractivity contribution in [2.75, 3.05) is 0 Å². The largest absolute Gasteiger partial charge is 0.264 e. The van der Waals surface area contributed by atoms with Gasteiger partial charge < -0.3 is 0 Å². The maximum atomic E-state index is 4.27. The summed E-state index contributed by atoms with van der Waals surface area (Å²) in [5.74, 6) is 0. The smallest absolute Gasteiger partial charge is 0.0346 e. The van der Waals surface area contributed by atoms with Crippen LogP contribution in [0.15, 0.2) is 183 Å². The third kappa shape index (κ3) is 5.46. The molecule has 6 aromatic carbocycles. The van der Waals surface area contributed by atoms with Crippen molar-refractivity contribution in [3.63, 3.8) is 0 Å². The van der Waals surface area contributed by atoms with Crippen molar-refractivity contribution in [1.29, 1.82) is 0 Å². The molecule has 1 aliphatic carbocycles. The highest BCUT2D eigenvalue weighted by atomic mass is 14.6. The monoisotopic (exact) mass is 652 g/mol. The summed E-state index contributed by atoms with van der Waals surface area (Å²) in [4.78, 5) is 8.54. The molecule has 0 amide bonds. The van der Waals surface area contributed by atoms with Gasteiger partial charge in [-0.15, -0.1) is 0 Å². The number of rotatable bonds is 6. The molecule has 0 radical (unpaired) electrons. The Labute approximate surface area is 299 Å². The van der Waals surface area contributed by atoms with Gasteiger partial charge in [-0.1, -0.05) is 159 Å². The topological polar surface area (TPSA) is 25.8 Å². The summed E-state index contributed by atoms with van der Waals surface area (Å²) >= 11 is 0. The first-order valence-electron chi connectivity index (χ1n) is 17.5. The summed E-state index contributed by atoms with van der Waals surface area (Å²) in [5.41, 5.74) is 19.8. The zero-order chi connectivity index (χ0) is 34.4. The molecule has 2 heterocycles. The van der Waals surface area contributed by atoms with Crippen molar-refractivity contribution in [2.24, 2.45) is 0 Å². The first-order chi connectivity index (χ1) is 25.0. The van der Waals surface area contributed by atoms with Crippen LogP contribution in [-0.2, 0) is 5.41 Å². The van der Waals surface area contributed by atoms with E-state index in [-0.39, 0.29) is 5.41 Å². The van der Waals surface area contributed by atoms with Gasteiger partial charge in [0.25, 0.3) is 0 Å². The number of benzene rings is 6. The third-order valence-electron chi connectivity index (χ3n) is 10.5. The number of hydrogen-bond acceptors (Lipinski definition) is 2. The fraction of sp³-hybridized carbons (Fsp3) is 0.0612. The average molecular weight is 653 g/mol. The van der Waals surface area contributed by atoms with E-state index in [1.807, 2.05) is 36.9 Å². The van der Waals surface area contributed by atoms with Crippen LogP contribution in [0.25, 0.3) is 77.9 Å². The zero-order valence-corrected chi connectivity index (χ0v) is 28.7. The number of nitrogens with zero attached hydrogens (tertiary/aromatic N) is 2. The van der Waals surface area contributed by atoms with E-state index < -0.39 is 0 Å². The quantitative estimate of drug-likeness (QED) is 0.179. The van der Waals surface area contributed by atoms with Gasteiger partial charge in [0.2, 0.25) is 0 Å². The maximum absolute atomic E-state index is 4.27. The molecule has 242 valence electrons. The highest BCUT2D eigenvalue weighted by Crippen LogP contribution is 2.55. The van der Waals surface area contributed by atoms with Gasteiger partial charge in [0, 0.05) is 30.2 Å². The lowest BCUT2D eigenvalue weighted by Gasteiger charge is -2.27. The summed E-state index contributed by atoms with van der Waals surface area (Å²) in [7, 11) is 0. The van der Waals surface area contributed by atoms with Crippen molar-refractivity contribution in [3.8, 4) is 77.9 Å². The maximum Gasteiger partial charge on any atom is 0.0346 e. The normalized spacial score (nSPS) is 12.7. The molecular weight excluding hydrogens is 617 g/mol. The molecule has 0 aliphatic heterocycles. The molecule has 51 heavy (non-hydrogen) atoms. The van der Waals surface area contributed by atoms with Crippen LogP contribution in [-0.4, -0.2) is 9.97 Å². The molecule has 2 nitrogen and oxygen atoms in total. The van der Waals surface area contributed by atoms with Crippen LogP contribution in [0, 0.1) is 0 Å². The van der Waals surface area contributed by atoms with E-state index in [2.05, 4.69) is 169 Å². The van der Waals surface area contributed by atoms with E-state index >= 15 is 0 Å². The van der Waals surface area contributed by atoms with Crippen LogP contribution in [0.1, 0.15) is 25.0 Å². The van der Waals surface area contributed by atoms with E-state index in [1.54, 1.807) is 0 Å². The lowest BCUT2D eigenvalue weighted by Crippen LogP contribution is -2.17. The standard InChI is InChI=1S/C49H36N2/c1-49(2)47-43(39-25-21-35(22-26-39)33-13-17-37(18-14-33)41-7-5-29-50-31-41)9-3-11-45(47)46-12-4-10-44(48(46)49)40-27-23-36(24-28-40)34-15-19-38(20-16-34)42-8-6-30-51-32-42/h3-32H,1-2H3. The van der Waals surface area contributed by atoms with Gasteiger partial charge in [-0.3, -0.25) is 9.97 Å². The SMILES string of the molecule is CC1(C)c2c(-c3ccc(-c4ccc(-c5cccnc5)cc4)cc3)cccc2-c2cccc(-c3ccc(-c4ccc(-c5cccnc5)cc4)cc3)c21. The van der Waals surface area contributed by atoms with E-state index in [9.17, 15) is 0 Å². The molecule has 0 unspecified atom stereocenters. The molecule has 2 heteroatoms. The molecule has 0 N–H and O–H groups in total. The second-order valence-corrected chi connectivity index (χ2v) is 13.9. The molecule has 9 rings (SSSR count). The summed E-state index contributed by atoms with van der Waals surface area (Å²) in [6.07, 6.45) is 7.44. The Bertz CT molecular complexity index is 2300. The molecule has 2 aromatic heterocycles. The van der Waals surface area contributed by atoms with E-state index in [4.69, 9.17) is 0 Å². The van der Waals surface area contributed by atoms with Gasteiger partial charge >= 0.3 is 0 Å². The van der Waals surface area contributed by atoms with Crippen LogP contribution in [0.5, 0.6) is 0 Å². The van der Waals surface area contributed by atoms with Gasteiger partial charge in [0.1, 0.15) is 0 Å². The fourth-order valence-electron chi connectivity index (χ4n) is 7.97. The minimum Gasteiger partial charge on any atom is -0.264 e. The highest BCUT2D eigenvalue weighted by molar-refractivity contribution is 5.93. The van der Waals surface area contributed by atoms with Crippen LogP contribution in [0.3, 0.4) is 0 Å². The summed E-state index contributed by atoms with van der Waals surface area (Å²) in [6, 6.07) is 57.4. The minimum absolute atomic E-state index is 0.181. The average Bonchev–Trinajstić information content (AvgIpc) is 3.45. The summed E-state index contributed by atoms with van der Waals surface area (Å²) < 4.78 is 0. The highest BCUT2D eigenvalue weighted by Gasteiger charge is 2.39. The van der Waals surface area contributed by atoms with Crippen molar-refractivity contribution in [2.45, 2.75) is 19.3 Å². The van der Waals surface area contributed by atoms with Crippen LogP contribution >= 0.6 is 0 Å². The molecule has 8 aromatic rings. The minimum atomic E-state index is -0.181. The van der Waals surface area contributed by atoms with Gasteiger partial charge in [0.05, 0.1) is 0 Å². The molecular formula is C49H36N2. The van der Waals surface area contributed by atoms with Crippen molar-refractivity contribution >= 4 is 0 Å². The number of pyridine rings is 2. The zero-order valence-electron chi connectivity index (χ0n) is 28.7. The lowest BCUT2D eigenvalue weighted by molar-refractivity contribution is 0.664. The number of aromatic nitrogens is 2. The Hall–Kier alpha value is -6.38. The van der Waals surface area contributed by atoms with E-state index in [1.165, 1.54) is 77.9 Å².